The molecule has 0 amide bonds. The van der Waals surface area contributed by atoms with E-state index in [1.807, 2.05) is 36.4 Å². The summed E-state index contributed by atoms with van der Waals surface area (Å²) >= 11 is 0. The summed E-state index contributed by atoms with van der Waals surface area (Å²) in [5.74, 6) is 0.495. The summed E-state index contributed by atoms with van der Waals surface area (Å²) in [6, 6.07) is 14.8. The van der Waals surface area contributed by atoms with Crippen molar-refractivity contribution in [1.82, 2.24) is 4.57 Å². The van der Waals surface area contributed by atoms with Crippen LogP contribution in [0.25, 0.3) is 10.9 Å². The standard InChI is InChI=1S/C17H16N2O3/c1-19-13-9-5-3-7-11(13)16(15(19)17(20)21-2)22-14-10-6-4-8-12(14)18/h3-10H,18H2,1-2H3. The van der Waals surface area contributed by atoms with Crippen LogP contribution in [0.4, 0.5) is 5.69 Å². The quantitative estimate of drug-likeness (QED) is 0.594. The molecule has 112 valence electrons. The number of carbonyl (C=O) groups excluding carboxylic acids is 1. The summed E-state index contributed by atoms with van der Waals surface area (Å²) in [5, 5.41) is 0.827. The molecule has 0 radical (unpaired) electrons. The predicted molar refractivity (Wildman–Crippen MR) is 85.2 cm³/mol. The lowest BCUT2D eigenvalue weighted by atomic mass is 10.2. The van der Waals surface area contributed by atoms with Gasteiger partial charge >= 0.3 is 5.97 Å². The summed E-state index contributed by atoms with van der Waals surface area (Å²) in [6.45, 7) is 0. The van der Waals surface area contributed by atoms with Gasteiger partial charge in [0, 0.05) is 12.4 Å². The zero-order chi connectivity index (χ0) is 15.7. The lowest BCUT2D eigenvalue weighted by Gasteiger charge is -2.09. The molecule has 3 aromatic rings. The Bertz CT molecular complexity index is 852. The van der Waals surface area contributed by atoms with Crippen molar-refractivity contribution in [3.63, 3.8) is 0 Å². The van der Waals surface area contributed by atoms with Crippen molar-refractivity contribution in [1.29, 1.82) is 0 Å². The van der Waals surface area contributed by atoms with Gasteiger partial charge in [-0.2, -0.15) is 0 Å². The van der Waals surface area contributed by atoms with E-state index in [1.165, 1.54) is 7.11 Å². The van der Waals surface area contributed by atoms with E-state index in [0.29, 0.717) is 22.9 Å². The molecular formula is C17H16N2O3. The second-order valence-electron chi connectivity index (χ2n) is 4.89. The highest BCUT2D eigenvalue weighted by atomic mass is 16.5. The van der Waals surface area contributed by atoms with Gasteiger partial charge in [0.05, 0.1) is 18.3 Å². The summed E-state index contributed by atoms with van der Waals surface area (Å²) in [6.07, 6.45) is 0. The lowest BCUT2D eigenvalue weighted by molar-refractivity contribution is 0.0587. The van der Waals surface area contributed by atoms with Gasteiger partial charge in [0.15, 0.2) is 11.4 Å². The van der Waals surface area contributed by atoms with Crippen LogP contribution in [-0.2, 0) is 11.8 Å². The fourth-order valence-electron chi connectivity index (χ4n) is 2.47. The normalized spacial score (nSPS) is 10.6. The molecule has 0 atom stereocenters. The van der Waals surface area contributed by atoms with E-state index >= 15 is 0 Å². The number of fused-ring (bicyclic) bond motifs is 1. The third-order valence-electron chi connectivity index (χ3n) is 3.57. The van der Waals surface area contributed by atoms with Crippen LogP contribution in [0.3, 0.4) is 0 Å². The largest absolute Gasteiger partial charge is 0.464 e. The number of nitrogen functional groups attached to an aromatic ring is 1. The highest BCUT2D eigenvalue weighted by molar-refractivity contribution is 6.02. The molecule has 0 saturated carbocycles. The summed E-state index contributed by atoms with van der Waals surface area (Å²) < 4.78 is 12.6. The number of hydrogen-bond acceptors (Lipinski definition) is 4. The van der Waals surface area contributed by atoms with Gasteiger partial charge in [-0.15, -0.1) is 0 Å². The first kappa shape index (κ1) is 14.0. The maximum Gasteiger partial charge on any atom is 0.358 e. The van der Waals surface area contributed by atoms with Gasteiger partial charge in [0.1, 0.15) is 5.75 Å². The Hall–Kier alpha value is -2.95. The minimum Gasteiger partial charge on any atom is -0.464 e. The number of carbonyl (C=O) groups is 1. The molecule has 5 nitrogen and oxygen atoms in total. The number of aryl methyl sites for hydroxylation is 1. The third kappa shape index (κ3) is 2.16. The van der Waals surface area contributed by atoms with E-state index < -0.39 is 5.97 Å². The number of rotatable bonds is 3. The van der Waals surface area contributed by atoms with Gasteiger partial charge in [-0.1, -0.05) is 24.3 Å². The Labute approximate surface area is 127 Å². The van der Waals surface area contributed by atoms with Crippen molar-refractivity contribution in [2.24, 2.45) is 7.05 Å². The Morgan fingerprint density at radius 1 is 1.09 bits per heavy atom. The van der Waals surface area contributed by atoms with Crippen molar-refractivity contribution in [3.05, 3.63) is 54.2 Å². The molecule has 3 rings (SSSR count). The predicted octanol–water partition coefficient (Wildman–Crippen LogP) is 3.34. The van der Waals surface area contributed by atoms with Crippen LogP contribution in [-0.4, -0.2) is 17.6 Å². The van der Waals surface area contributed by atoms with Gasteiger partial charge < -0.3 is 19.8 Å². The molecule has 0 unspecified atom stereocenters. The maximum atomic E-state index is 12.1. The summed E-state index contributed by atoms with van der Waals surface area (Å²) in [5.41, 5.74) is 7.67. The van der Waals surface area contributed by atoms with E-state index in [4.69, 9.17) is 15.2 Å². The van der Waals surface area contributed by atoms with Gasteiger partial charge in [-0.05, 0) is 24.3 Å². The van der Waals surface area contributed by atoms with E-state index in [1.54, 1.807) is 23.7 Å². The molecule has 0 spiro atoms. The molecule has 1 aromatic heterocycles. The van der Waals surface area contributed by atoms with Crippen LogP contribution in [0.15, 0.2) is 48.5 Å². The molecule has 5 heteroatoms. The van der Waals surface area contributed by atoms with Gasteiger partial charge in [-0.25, -0.2) is 4.79 Å². The van der Waals surface area contributed by atoms with Crippen LogP contribution in [0.5, 0.6) is 11.5 Å². The highest BCUT2D eigenvalue weighted by Gasteiger charge is 2.23. The Balaban J connectivity index is 2.23. The number of benzene rings is 2. The Morgan fingerprint density at radius 2 is 1.77 bits per heavy atom. The Morgan fingerprint density at radius 3 is 2.50 bits per heavy atom. The molecule has 2 aromatic carbocycles. The zero-order valence-corrected chi connectivity index (χ0v) is 12.4. The first-order chi connectivity index (χ1) is 10.6. The Kier molecular flexibility index (Phi) is 3.47. The highest BCUT2D eigenvalue weighted by Crippen LogP contribution is 2.37. The molecule has 0 aliphatic rings. The minimum absolute atomic E-state index is 0.354. The summed E-state index contributed by atoms with van der Waals surface area (Å²) in [4.78, 5) is 12.1. The monoisotopic (exact) mass is 296 g/mol. The topological polar surface area (TPSA) is 66.5 Å². The fraction of sp³-hybridized carbons (Fsp3) is 0.118. The molecule has 1 heterocycles. The average molecular weight is 296 g/mol. The molecule has 0 aliphatic carbocycles. The van der Waals surface area contributed by atoms with Crippen LogP contribution < -0.4 is 10.5 Å². The molecule has 22 heavy (non-hydrogen) atoms. The van der Waals surface area contributed by atoms with Crippen molar-refractivity contribution in [3.8, 4) is 11.5 Å². The van der Waals surface area contributed by atoms with Gasteiger partial charge in [0.2, 0.25) is 0 Å². The maximum absolute atomic E-state index is 12.1. The van der Waals surface area contributed by atoms with E-state index in [2.05, 4.69) is 0 Å². The molecule has 0 fully saturated rings. The number of nitrogens with zero attached hydrogens (tertiary/aromatic N) is 1. The first-order valence-corrected chi connectivity index (χ1v) is 6.81. The molecular weight excluding hydrogens is 280 g/mol. The second kappa shape index (κ2) is 5.44. The van der Waals surface area contributed by atoms with Crippen molar-refractivity contribution in [2.45, 2.75) is 0 Å². The number of anilines is 1. The van der Waals surface area contributed by atoms with Gasteiger partial charge in [0.25, 0.3) is 0 Å². The van der Waals surface area contributed by atoms with Crippen LogP contribution in [0.1, 0.15) is 10.5 Å². The summed E-state index contributed by atoms with van der Waals surface area (Å²) in [7, 11) is 3.15. The average Bonchev–Trinajstić information content (AvgIpc) is 2.82. The number of ether oxygens (including phenoxy) is 2. The molecule has 0 saturated heterocycles. The first-order valence-electron chi connectivity index (χ1n) is 6.81. The fourth-order valence-corrected chi connectivity index (χ4v) is 2.47. The number of aromatic nitrogens is 1. The van der Waals surface area contributed by atoms with Crippen molar-refractivity contribution >= 4 is 22.6 Å². The van der Waals surface area contributed by atoms with Crippen LogP contribution in [0, 0.1) is 0 Å². The number of nitrogens with two attached hydrogens (primary N) is 1. The second-order valence-corrected chi connectivity index (χ2v) is 4.89. The van der Waals surface area contributed by atoms with E-state index in [0.717, 1.165) is 10.9 Å². The molecule has 2 N–H and O–H groups in total. The lowest BCUT2D eigenvalue weighted by Crippen LogP contribution is -2.09. The molecule has 0 bridgehead atoms. The van der Waals surface area contributed by atoms with E-state index in [9.17, 15) is 4.79 Å². The number of esters is 1. The van der Waals surface area contributed by atoms with Crippen LogP contribution >= 0.6 is 0 Å². The van der Waals surface area contributed by atoms with Crippen molar-refractivity contribution < 1.29 is 14.3 Å². The molecule has 0 aliphatic heterocycles. The van der Waals surface area contributed by atoms with Crippen molar-refractivity contribution in [2.75, 3.05) is 12.8 Å². The number of para-hydroxylation sites is 3. The third-order valence-corrected chi connectivity index (χ3v) is 3.57. The zero-order valence-electron chi connectivity index (χ0n) is 12.4. The van der Waals surface area contributed by atoms with E-state index in [-0.39, 0.29) is 0 Å². The number of hydrogen-bond donors (Lipinski definition) is 1. The van der Waals surface area contributed by atoms with Crippen LogP contribution in [0.2, 0.25) is 0 Å². The smallest absolute Gasteiger partial charge is 0.358 e. The van der Waals surface area contributed by atoms with Gasteiger partial charge in [-0.3, -0.25) is 0 Å². The SMILES string of the molecule is COC(=O)c1c(Oc2ccccc2N)c2ccccc2n1C. The minimum atomic E-state index is -0.455. The number of methoxy groups -OCH3 is 1.